The molecule has 0 saturated heterocycles. The van der Waals surface area contributed by atoms with Crippen LogP contribution in [0.4, 0.5) is 16.9 Å². The maximum absolute atomic E-state index is 11.2. The molecule has 0 unspecified atom stereocenters. The van der Waals surface area contributed by atoms with Crippen LogP contribution in [0.15, 0.2) is 24.8 Å². The van der Waals surface area contributed by atoms with Crippen LogP contribution in [0.25, 0.3) is 0 Å². The van der Waals surface area contributed by atoms with Gasteiger partial charge in [0.1, 0.15) is 0 Å². The quantitative estimate of drug-likeness (QED) is 0.476. The van der Waals surface area contributed by atoms with Gasteiger partial charge in [0.25, 0.3) is 0 Å². The molecular weight excluding hydrogens is 335 g/mol. The first-order chi connectivity index (χ1) is 5.45. The van der Waals surface area contributed by atoms with Crippen LogP contribution in [0.3, 0.4) is 0 Å². The van der Waals surface area contributed by atoms with Gasteiger partial charge in [0.15, 0.2) is 0 Å². The van der Waals surface area contributed by atoms with Crippen molar-refractivity contribution in [1.82, 2.24) is 9.97 Å². The molecule has 0 fully saturated rings. The topological polar surface area (TPSA) is 25.8 Å². The average Bonchev–Trinajstić information content (AvgIpc) is 1.84. The Morgan fingerprint density at radius 2 is 0.786 bits per heavy atom. The van der Waals surface area contributed by atoms with Gasteiger partial charge in [-0.2, -0.15) is 0 Å². The van der Waals surface area contributed by atoms with Crippen LogP contribution in [0.5, 0.6) is 0 Å². The van der Waals surface area contributed by atoms with Crippen molar-refractivity contribution < 1.29 is 46.4 Å². The Bertz CT molecular complexity index is 220. The molecule has 0 N–H and O–H groups in total. The standard InChI is InChI=1S/C4H4N2.6FH.Na.Sb/c1-2-6-4-3-5-1;;;;;;;;/h1-4H;6*1H;;/q;;;;;;;+1;+5/p-6. The first kappa shape index (κ1) is 16.9. The largest absolute Gasteiger partial charge is 1.00 e. The summed E-state index contributed by atoms with van der Waals surface area (Å²) in [6.45, 7) is 0. The average molecular weight is 339 g/mol. The Labute approximate surface area is 99.9 Å². The Morgan fingerprint density at radius 3 is 0.857 bits per heavy atom. The van der Waals surface area contributed by atoms with Crippen molar-refractivity contribution in [3.63, 3.8) is 0 Å². The minimum absolute atomic E-state index is 0. The summed E-state index contributed by atoms with van der Waals surface area (Å²) in [6, 6.07) is 0. The van der Waals surface area contributed by atoms with Crippen molar-refractivity contribution in [2.45, 2.75) is 0 Å². The first-order valence-corrected chi connectivity index (χ1v) is 8.50. The molecule has 0 aliphatic heterocycles. The predicted octanol–water partition coefficient (Wildman–Crippen LogP) is -0.379. The Morgan fingerprint density at radius 1 is 0.643 bits per heavy atom. The van der Waals surface area contributed by atoms with Gasteiger partial charge >= 0.3 is 65.9 Å². The van der Waals surface area contributed by atoms with Crippen molar-refractivity contribution in [2.24, 2.45) is 0 Å². The van der Waals surface area contributed by atoms with Gasteiger partial charge in [-0.3, -0.25) is 9.97 Å². The van der Waals surface area contributed by atoms with E-state index in [1.54, 1.807) is 24.8 Å². The molecule has 78 valence electrons. The van der Waals surface area contributed by atoms with Gasteiger partial charge < -0.3 is 0 Å². The van der Waals surface area contributed by atoms with E-state index in [-0.39, 0.29) is 29.6 Å². The molecule has 14 heavy (non-hydrogen) atoms. The van der Waals surface area contributed by atoms with Crippen LogP contribution in [0, 0.1) is 0 Å². The smallest absolute Gasteiger partial charge is 0.262 e. The van der Waals surface area contributed by atoms with Crippen LogP contribution < -0.4 is 29.6 Å². The summed E-state index contributed by atoms with van der Waals surface area (Å²) in [4.78, 5) is 7.44. The Hall–Kier alpha value is 0.478. The fourth-order valence-corrected chi connectivity index (χ4v) is 0.253. The molecule has 0 amide bonds. The first-order valence-electron chi connectivity index (χ1n) is 2.71. The summed E-state index contributed by atoms with van der Waals surface area (Å²) in [7, 11) is 0. The molecule has 1 aromatic heterocycles. The molecule has 0 aliphatic rings. The number of nitrogens with zero attached hydrogens (tertiary/aromatic N) is 2. The zero-order valence-electron chi connectivity index (χ0n) is 6.92. The molecule has 0 spiro atoms. The maximum atomic E-state index is 9.93. The van der Waals surface area contributed by atoms with Gasteiger partial charge in [-0.1, -0.05) is 0 Å². The third-order valence-corrected chi connectivity index (χ3v) is 0.478. The van der Waals surface area contributed by atoms with Crippen molar-refractivity contribution in [2.75, 3.05) is 0 Å². The minimum Gasteiger partial charge on any atom is -0.262 e. The van der Waals surface area contributed by atoms with Gasteiger partial charge in [0.05, 0.1) is 0 Å². The molecule has 10 heteroatoms. The van der Waals surface area contributed by atoms with E-state index in [0.717, 1.165) is 0 Å². The zero-order chi connectivity index (χ0) is 10.7. The SMILES string of the molecule is [F][Sb-]([F])([F])([F])([F])[F].[Na+].c1cnccn1. The number of halogens is 6. The second kappa shape index (κ2) is 4.55. The number of hydrogen-bond acceptors (Lipinski definition) is 2. The van der Waals surface area contributed by atoms with Gasteiger partial charge in [0.2, 0.25) is 0 Å². The molecule has 0 atom stereocenters. The predicted molar refractivity (Wildman–Crippen MR) is 34.4 cm³/mol. The van der Waals surface area contributed by atoms with Gasteiger partial charge in [-0.05, 0) is 0 Å². The molecule has 1 heterocycles. The second-order valence-corrected chi connectivity index (χ2v) is 7.32. The summed E-state index contributed by atoms with van der Waals surface area (Å²) in [5.41, 5.74) is 0. The number of aromatic nitrogens is 2. The van der Waals surface area contributed by atoms with Crippen LogP contribution in [0.1, 0.15) is 0 Å². The number of hydrogen-bond donors (Lipinski definition) is 0. The molecule has 0 bridgehead atoms. The molecule has 1 rings (SSSR count). The van der Waals surface area contributed by atoms with E-state index in [1.165, 1.54) is 0 Å². The van der Waals surface area contributed by atoms with E-state index < -0.39 is 19.5 Å². The second-order valence-electron chi connectivity index (χ2n) is 1.85. The van der Waals surface area contributed by atoms with Crippen LogP contribution in [-0.4, -0.2) is 29.4 Å². The summed E-state index contributed by atoms with van der Waals surface area (Å²) in [5.74, 6) is 0. The third kappa shape index (κ3) is 39.2. The fraction of sp³-hybridized carbons (Fsp3) is 0. The molecular formula is C4H4F6N2NaSb. The molecule has 2 nitrogen and oxygen atoms in total. The van der Waals surface area contributed by atoms with E-state index >= 15 is 0 Å². The molecule has 0 saturated carbocycles. The van der Waals surface area contributed by atoms with Crippen LogP contribution in [-0.2, 0) is 0 Å². The summed E-state index contributed by atoms with van der Waals surface area (Å²) in [5, 5.41) is 0. The van der Waals surface area contributed by atoms with Crippen molar-refractivity contribution in [1.29, 1.82) is 0 Å². The summed E-state index contributed by atoms with van der Waals surface area (Å²) in [6.07, 6.45) is 6.56. The van der Waals surface area contributed by atoms with E-state index in [2.05, 4.69) is 9.97 Å². The molecule has 1 aromatic rings. The fourth-order valence-electron chi connectivity index (χ4n) is 0.253. The third-order valence-electron chi connectivity index (χ3n) is 0.478. The van der Waals surface area contributed by atoms with E-state index in [1.807, 2.05) is 0 Å². The Kier molecular flexibility index (Phi) is 5.49. The Balaban J connectivity index is 0. The molecule has 0 aliphatic carbocycles. The van der Waals surface area contributed by atoms with Crippen LogP contribution in [0.2, 0.25) is 0 Å². The normalized spacial score (nSPS) is 15.0. The zero-order valence-corrected chi connectivity index (χ0v) is 11.5. The monoisotopic (exact) mass is 338 g/mol. The number of rotatable bonds is 0. The van der Waals surface area contributed by atoms with E-state index in [4.69, 9.17) is 0 Å². The van der Waals surface area contributed by atoms with E-state index in [9.17, 15) is 16.9 Å². The van der Waals surface area contributed by atoms with Crippen molar-refractivity contribution in [3.8, 4) is 0 Å². The van der Waals surface area contributed by atoms with Gasteiger partial charge in [0, 0.05) is 24.8 Å². The maximum Gasteiger partial charge on any atom is 1.00 e. The minimum atomic E-state index is -11.2. The molecule has 0 aromatic carbocycles. The van der Waals surface area contributed by atoms with Crippen LogP contribution >= 0.6 is 0 Å². The van der Waals surface area contributed by atoms with Crippen molar-refractivity contribution >= 4 is 19.5 Å². The summed E-state index contributed by atoms with van der Waals surface area (Å²) < 4.78 is 59.6. The van der Waals surface area contributed by atoms with Gasteiger partial charge in [-0.25, -0.2) is 0 Å². The van der Waals surface area contributed by atoms with E-state index in [0.29, 0.717) is 0 Å². The van der Waals surface area contributed by atoms with Gasteiger partial charge in [-0.15, -0.1) is 0 Å². The molecule has 0 radical (unpaired) electrons. The van der Waals surface area contributed by atoms with Crippen molar-refractivity contribution in [3.05, 3.63) is 24.8 Å². The summed E-state index contributed by atoms with van der Waals surface area (Å²) >= 11 is -11.2.